The van der Waals surface area contributed by atoms with Crippen molar-refractivity contribution in [1.82, 2.24) is 4.98 Å². The topological polar surface area (TPSA) is 38.9 Å². The van der Waals surface area contributed by atoms with Crippen molar-refractivity contribution in [3.05, 3.63) is 39.9 Å². The van der Waals surface area contributed by atoms with Gasteiger partial charge in [-0.3, -0.25) is 0 Å². The molecule has 1 aromatic carbocycles. The van der Waals surface area contributed by atoms with Crippen LogP contribution in [0.5, 0.6) is 0 Å². The van der Waals surface area contributed by atoms with Gasteiger partial charge in [0.2, 0.25) is 0 Å². The first-order valence-electron chi connectivity index (χ1n) is 5.35. The fourth-order valence-electron chi connectivity index (χ4n) is 1.71. The highest BCUT2D eigenvalue weighted by atomic mass is 32.1. The first-order chi connectivity index (χ1) is 7.63. The van der Waals surface area contributed by atoms with Gasteiger partial charge < -0.3 is 5.73 Å². The average molecular weight is 232 g/mol. The molecule has 0 saturated heterocycles. The maximum absolute atomic E-state index is 5.58. The lowest BCUT2D eigenvalue weighted by molar-refractivity contribution is 1.01. The van der Waals surface area contributed by atoms with Gasteiger partial charge in [-0.15, -0.1) is 11.3 Å². The summed E-state index contributed by atoms with van der Waals surface area (Å²) in [5.41, 5.74) is 11.8. The van der Waals surface area contributed by atoms with Crippen molar-refractivity contribution in [1.29, 1.82) is 0 Å². The molecule has 0 aliphatic heterocycles. The Bertz CT molecular complexity index is 515. The molecule has 0 atom stereocenters. The molecule has 0 unspecified atom stereocenters. The molecule has 84 valence electrons. The molecule has 2 nitrogen and oxygen atoms in total. The third-order valence-electron chi connectivity index (χ3n) is 3.05. The number of aryl methyl sites for hydroxylation is 1. The molecule has 2 N–H and O–H groups in total. The van der Waals surface area contributed by atoms with Crippen molar-refractivity contribution < 1.29 is 0 Å². The van der Waals surface area contributed by atoms with E-state index in [1.807, 2.05) is 5.38 Å². The van der Waals surface area contributed by atoms with Crippen molar-refractivity contribution in [3.63, 3.8) is 0 Å². The number of nitrogens with two attached hydrogens (primary N) is 1. The van der Waals surface area contributed by atoms with Crippen LogP contribution in [0.2, 0.25) is 0 Å². The van der Waals surface area contributed by atoms with Crippen LogP contribution in [0.3, 0.4) is 0 Å². The van der Waals surface area contributed by atoms with Gasteiger partial charge in [0, 0.05) is 17.5 Å². The highest BCUT2D eigenvalue weighted by Crippen LogP contribution is 2.29. The van der Waals surface area contributed by atoms with Gasteiger partial charge in [-0.1, -0.05) is 12.1 Å². The maximum Gasteiger partial charge on any atom is 0.123 e. The summed E-state index contributed by atoms with van der Waals surface area (Å²) in [6.07, 6.45) is 0. The van der Waals surface area contributed by atoms with Crippen LogP contribution in [0.1, 0.15) is 22.4 Å². The fourth-order valence-corrected chi connectivity index (χ4v) is 2.63. The van der Waals surface area contributed by atoms with E-state index < -0.39 is 0 Å². The van der Waals surface area contributed by atoms with E-state index in [0.717, 1.165) is 10.7 Å². The zero-order valence-electron chi connectivity index (χ0n) is 9.87. The summed E-state index contributed by atoms with van der Waals surface area (Å²) in [6, 6.07) is 4.30. The molecule has 0 radical (unpaired) electrons. The fraction of sp³-hybridized carbons (Fsp3) is 0.308. The number of thiazole rings is 1. The Morgan fingerprint density at radius 1 is 1.19 bits per heavy atom. The predicted octanol–water partition coefficient (Wildman–Crippen LogP) is 3.19. The molecule has 0 fully saturated rings. The van der Waals surface area contributed by atoms with E-state index in [1.165, 1.54) is 22.3 Å². The van der Waals surface area contributed by atoms with Crippen molar-refractivity contribution in [2.45, 2.75) is 27.3 Å². The van der Waals surface area contributed by atoms with Gasteiger partial charge in [0.1, 0.15) is 5.01 Å². The average Bonchev–Trinajstić information content (AvgIpc) is 2.74. The highest BCUT2D eigenvalue weighted by molar-refractivity contribution is 7.13. The molecule has 0 aliphatic rings. The lowest BCUT2D eigenvalue weighted by Gasteiger charge is -2.08. The van der Waals surface area contributed by atoms with Crippen LogP contribution in [0.15, 0.2) is 17.5 Å². The summed E-state index contributed by atoms with van der Waals surface area (Å²) in [5.74, 6) is 0. The number of benzene rings is 1. The van der Waals surface area contributed by atoms with Crippen molar-refractivity contribution in [2.75, 3.05) is 0 Å². The van der Waals surface area contributed by atoms with Crippen LogP contribution < -0.4 is 5.73 Å². The molecule has 16 heavy (non-hydrogen) atoms. The lowest BCUT2D eigenvalue weighted by Crippen LogP contribution is -1.96. The zero-order chi connectivity index (χ0) is 11.7. The molecule has 0 bridgehead atoms. The van der Waals surface area contributed by atoms with Crippen LogP contribution >= 0.6 is 11.3 Å². The van der Waals surface area contributed by atoms with E-state index in [4.69, 9.17) is 5.73 Å². The number of aromatic nitrogens is 1. The summed E-state index contributed by atoms with van der Waals surface area (Å²) in [6.45, 7) is 6.96. The van der Waals surface area contributed by atoms with Crippen LogP contribution in [-0.2, 0) is 6.54 Å². The highest BCUT2D eigenvalue weighted by Gasteiger charge is 2.09. The van der Waals surface area contributed by atoms with Crippen LogP contribution in [0.25, 0.3) is 10.6 Å². The van der Waals surface area contributed by atoms with Crippen LogP contribution in [0.4, 0.5) is 0 Å². The standard InChI is InChI=1S/C13H16N2S/c1-8-4-5-12(10(3)9(8)2)13-15-11(6-14)7-16-13/h4-5,7H,6,14H2,1-3H3. The second-order valence-electron chi connectivity index (χ2n) is 4.03. The van der Waals surface area contributed by atoms with Crippen molar-refractivity contribution in [2.24, 2.45) is 5.73 Å². The minimum Gasteiger partial charge on any atom is -0.325 e. The van der Waals surface area contributed by atoms with E-state index in [9.17, 15) is 0 Å². The Labute approximate surface area is 100 Å². The zero-order valence-corrected chi connectivity index (χ0v) is 10.7. The molecule has 2 aromatic rings. The molecule has 0 aliphatic carbocycles. The summed E-state index contributed by atoms with van der Waals surface area (Å²) in [5, 5.41) is 3.10. The quantitative estimate of drug-likeness (QED) is 0.863. The van der Waals surface area contributed by atoms with E-state index in [0.29, 0.717) is 6.54 Å². The summed E-state index contributed by atoms with van der Waals surface area (Å²) in [4.78, 5) is 4.52. The molecule has 0 amide bonds. The molecule has 3 heteroatoms. The summed E-state index contributed by atoms with van der Waals surface area (Å²) < 4.78 is 0. The number of nitrogens with zero attached hydrogens (tertiary/aromatic N) is 1. The van der Waals surface area contributed by atoms with E-state index in [1.54, 1.807) is 11.3 Å². The van der Waals surface area contributed by atoms with Gasteiger partial charge in [-0.2, -0.15) is 0 Å². The second-order valence-corrected chi connectivity index (χ2v) is 4.89. The summed E-state index contributed by atoms with van der Waals surface area (Å²) >= 11 is 1.66. The molecular weight excluding hydrogens is 216 g/mol. The van der Waals surface area contributed by atoms with Gasteiger partial charge in [-0.25, -0.2) is 4.98 Å². The largest absolute Gasteiger partial charge is 0.325 e. The minimum absolute atomic E-state index is 0.514. The summed E-state index contributed by atoms with van der Waals surface area (Å²) in [7, 11) is 0. The monoisotopic (exact) mass is 232 g/mol. The Balaban J connectivity index is 2.52. The van der Waals surface area contributed by atoms with E-state index >= 15 is 0 Å². The van der Waals surface area contributed by atoms with Gasteiger partial charge >= 0.3 is 0 Å². The number of hydrogen-bond acceptors (Lipinski definition) is 3. The smallest absolute Gasteiger partial charge is 0.123 e. The Morgan fingerprint density at radius 2 is 1.94 bits per heavy atom. The molecule has 2 rings (SSSR count). The third kappa shape index (κ3) is 1.88. The molecule has 1 aromatic heterocycles. The Morgan fingerprint density at radius 3 is 2.56 bits per heavy atom. The number of hydrogen-bond donors (Lipinski definition) is 1. The molecule has 0 saturated carbocycles. The van der Waals surface area contributed by atoms with Crippen molar-refractivity contribution in [3.8, 4) is 10.6 Å². The van der Waals surface area contributed by atoms with Gasteiger partial charge in [0.15, 0.2) is 0 Å². The van der Waals surface area contributed by atoms with Gasteiger partial charge in [-0.05, 0) is 37.5 Å². The van der Waals surface area contributed by atoms with Crippen molar-refractivity contribution >= 4 is 11.3 Å². The first kappa shape index (κ1) is 11.3. The van der Waals surface area contributed by atoms with Crippen LogP contribution in [0, 0.1) is 20.8 Å². The molecule has 1 heterocycles. The maximum atomic E-state index is 5.58. The number of rotatable bonds is 2. The van der Waals surface area contributed by atoms with Gasteiger partial charge in [0.25, 0.3) is 0 Å². The first-order valence-corrected chi connectivity index (χ1v) is 6.23. The normalized spacial score (nSPS) is 10.8. The van der Waals surface area contributed by atoms with Gasteiger partial charge in [0.05, 0.1) is 5.69 Å². The van der Waals surface area contributed by atoms with E-state index in [2.05, 4.69) is 37.9 Å². The second kappa shape index (κ2) is 4.36. The third-order valence-corrected chi connectivity index (χ3v) is 3.97. The lowest BCUT2D eigenvalue weighted by atomic mass is 9.99. The van der Waals surface area contributed by atoms with E-state index in [-0.39, 0.29) is 0 Å². The van der Waals surface area contributed by atoms with Crippen LogP contribution in [-0.4, -0.2) is 4.98 Å². The predicted molar refractivity (Wildman–Crippen MR) is 69.7 cm³/mol. The molecular formula is C13H16N2S. The Kier molecular flexibility index (Phi) is 3.08. The molecule has 0 spiro atoms. The SMILES string of the molecule is Cc1ccc(-c2nc(CN)cs2)c(C)c1C. The Hall–Kier alpha value is -1.19. The minimum atomic E-state index is 0.514.